The number of aliphatic hydroxyl groups excluding tert-OH is 10. The van der Waals surface area contributed by atoms with E-state index in [-0.39, 0.29) is 165 Å². The van der Waals surface area contributed by atoms with Crippen LogP contribution in [0.5, 0.6) is 0 Å². The summed E-state index contributed by atoms with van der Waals surface area (Å²) < 4.78 is 88.2. The van der Waals surface area contributed by atoms with Crippen LogP contribution in [0.25, 0.3) is 0 Å². The van der Waals surface area contributed by atoms with Gasteiger partial charge in [-0.15, -0.1) is 4.67 Å². The standard InChI is InChI=1S/C66H115N3O32P2/c1-39(2)93-36-44-28-50(31-68(44)56(78)22-10-7-16-47(74)19-13-25-91-65-41(4)59(81)62(84)53(34-71)97-65)99-101-103(88,89)95-38-45-29-51(32-69(45)57(79)23-11-8-17-48(75)20-14-26-92-66-42(5)60(82)63(85)54(35-72)98-66)100-102(86,87)94-37-43-27-49(76)30-67(43)55(77)21-9-6-15-46(73)18-12-24-90-64-40(3)58(80)61(83)52(33-70)96-64/h39-45,49-54,58-66,70-72,76,80-85H,6-38H2,1-5H3,(H,86,87)(H,88,89)/t40?,41?,42?,43-,44-,45-,49+,50+,51+,52?,53?,54?,58+,59+,60+,61-,62-,63-,64+,65+,66+/m0/s1. The van der Waals surface area contributed by atoms with Gasteiger partial charge in [-0.25, -0.2) is 14.0 Å². The van der Waals surface area contributed by atoms with Crippen molar-refractivity contribution in [3.05, 3.63) is 0 Å². The van der Waals surface area contributed by atoms with E-state index in [1.165, 1.54) is 14.7 Å². The molecule has 596 valence electrons. The van der Waals surface area contributed by atoms with Crippen molar-refractivity contribution >= 4 is 50.7 Å². The molecule has 0 aliphatic carbocycles. The fourth-order valence-electron chi connectivity index (χ4n) is 13.4. The molecule has 0 aromatic carbocycles. The Morgan fingerprint density at radius 2 is 0.767 bits per heavy atom. The van der Waals surface area contributed by atoms with Crippen LogP contribution in [-0.4, -0.2) is 306 Å². The molecule has 12 N–H and O–H groups in total. The van der Waals surface area contributed by atoms with Gasteiger partial charge in [0.1, 0.15) is 60.1 Å². The van der Waals surface area contributed by atoms with Gasteiger partial charge < -0.3 is 109 Å². The molecule has 3 amide bonds. The Balaban J connectivity index is 0.964. The van der Waals surface area contributed by atoms with Crippen molar-refractivity contribution in [1.29, 1.82) is 0 Å². The number of β-amino-alcohol motifs (C(OH)–C–C–N with tert-alkyl or cyclic N) is 1. The molecule has 6 heterocycles. The molecule has 0 spiro atoms. The highest BCUT2D eigenvalue weighted by atomic mass is 31.2. The second kappa shape index (κ2) is 43.9. The van der Waals surface area contributed by atoms with E-state index in [1.807, 2.05) is 13.8 Å². The summed E-state index contributed by atoms with van der Waals surface area (Å²) in [6.07, 6.45) is -12.8. The normalized spacial score (nSPS) is 33.2. The molecule has 8 unspecified atom stereocenters. The van der Waals surface area contributed by atoms with Gasteiger partial charge in [0.2, 0.25) is 17.7 Å². The van der Waals surface area contributed by atoms with Gasteiger partial charge in [-0.1, -0.05) is 20.8 Å². The lowest BCUT2D eigenvalue weighted by atomic mass is 9.92. The number of amides is 3. The highest BCUT2D eigenvalue weighted by Gasteiger charge is 2.47. The number of ether oxygens (including phenoxy) is 7. The van der Waals surface area contributed by atoms with Gasteiger partial charge in [0.25, 0.3) is 0 Å². The molecule has 0 aromatic rings. The van der Waals surface area contributed by atoms with Crippen molar-refractivity contribution in [3.8, 4) is 0 Å². The number of carbonyl (C=O) groups excluding carboxylic acids is 6. The van der Waals surface area contributed by atoms with Gasteiger partial charge >= 0.3 is 15.6 Å². The predicted molar refractivity (Wildman–Crippen MR) is 357 cm³/mol. The van der Waals surface area contributed by atoms with Crippen LogP contribution in [0.15, 0.2) is 0 Å². The third-order valence-corrected chi connectivity index (χ3v) is 21.4. The number of ketones is 3. The van der Waals surface area contributed by atoms with E-state index in [0.717, 1.165) is 0 Å². The van der Waals surface area contributed by atoms with Crippen LogP contribution in [0, 0.1) is 17.8 Å². The van der Waals surface area contributed by atoms with Crippen molar-refractivity contribution < 1.29 is 155 Å². The minimum atomic E-state index is -5.13. The van der Waals surface area contributed by atoms with Crippen LogP contribution in [-0.2, 0) is 94.2 Å². The number of likely N-dealkylation sites (tertiary alicyclic amines) is 3. The minimum Gasteiger partial charge on any atom is -0.394 e. The van der Waals surface area contributed by atoms with Gasteiger partial charge in [-0.2, -0.15) is 0 Å². The lowest BCUT2D eigenvalue weighted by Gasteiger charge is -2.40. The first-order valence-corrected chi connectivity index (χ1v) is 39.3. The van der Waals surface area contributed by atoms with Gasteiger partial charge in [-0.05, 0) is 84.5 Å². The second-order valence-corrected chi connectivity index (χ2v) is 31.0. The Morgan fingerprint density at radius 1 is 0.437 bits per heavy atom. The van der Waals surface area contributed by atoms with Crippen molar-refractivity contribution in [3.63, 3.8) is 0 Å². The molecule has 0 saturated carbocycles. The first-order valence-electron chi connectivity index (χ1n) is 36.3. The number of phosphoric ester groups is 2. The zero-order valence-electron chi connectivity index (χ0n) is 59.8. The van der Waals surface area contributed by atoms with E-state index in [4.69, 9.17) is 56.3 Å². The summed E-state index contributed by atoms with van der Waals surface area (Å²) in [5.41, 5.74) is 0. The number of rotatable bonds is 47. The number of carbonyl (C=O) groups is 6. The first kappa shape index (κ1) is 88.8. The smallest absolute Gasteiger partial charge is 0.394 e. The molecule has 6 fully saturated rings. The zero-order chi connectivity index (χ0) is 75.7. The van der Waals surface area contributed by atoms with Crippen LogP contribution < -0.4 is 0 Å². The number of Topliss-reactive ketones (excluding diaryl/α,β-unsaturated/α-hetero) is 3. The number of hydrogen-bond donors (Lipinski definition) is 12. The number of nitrogens with zero attached hydrogens (tertiary/aromatic N) is 3. The lowest BCUT2D eigenvalue weighted by molar-refractivity contribution is -0.282. The zero-order valence-corrected chi connectivity index (χ0v) is 61.6. The number of aliphatic hydroxyl groups is 10. The van der Waals surface area contributed by atoms with Gasteiger partial charge in [0, 0.05) is 95.1 Å². The predicted octanol–water partition coefficient (Wildman–Crippen LogP) is 0.515. The summed E-state index contributed by atoms with van der Waals surface area (Å²) in [5, 5.41) is 100. The maximum absolute atomic E-state index is 14.0. The second-order valence-electron chi connectivity index (χ2n) is 28.2. The highest BCUT2D eigenvalue weighted by molar-refractivity contribution is 7.47. The summed E-state index contributed by atoms with van der Waals surface area (Å²) in [6, 6.07) is -2.45. The van der Waals surface area contributed by atoms with Crippen molar-refractivity contribution in [2.45, 2.75) is 286 Å². The minimum absolute atomic E-state index is 0.000837. The topological polar surface area (TPSA) is 500 Å². The van der Waals surface area contributed by atoms with Crippen LogP contribution in [0.2, 0.25) is 0 Å². The number of phosphoric acid groups is 2. The van der Waals surface area contributed by atoms with Gasteiger partial charge in [0.05, 0.1) is 121 Å². The molecule has 23 atom stereocenters. The monoisotopic (exact) mass is 1520 g/mol. The van der Waals surface area contributed by atoms with Crippen molar-refractivity contribution in [1.82, 2.24) is 14.7 Å². The summed E-state index contributed by atoms with van der Waals surface area (Å²) in [5.74, 6) is -3.25. The molecule has 103 heavy (non-hydrogen) atoms. The molecule has 6 aliphatic heterocycles. The van der Waals surface area contributed by atoms with Gasteiger partial charge in [-0.3, -0.25) is 42.3 Å². The Morgan fingerprint density at radius 3 is 1.16 bits per heavy atom. The quantitative estimate of drug-likeness (QED) is 0.0171. The average molecular weight is 1520 g/mol. The molecule has 0 radical (unpaired) electrons. The molecule has 0 bridgehead atoms. The summed E-state index contributed by atoms with van der Waals surface area (Å²) in [7, 11) is -10.1. The van der Waals surface area contributed by atoms with E-state index in [9.17, 15) is 98.7 Å². The largest absolute Gasteiger partial charge is 0.499 e. The Kier molecular flexibility index (Phi) is 37.9. The number of unbranched alkanes of at least 4 members (excludes halogenated alkanes) is 3. The molecule has 6 rings (SSSR count). The molecule has 6 saturated heterocycles. The van der Waals surface area contributed by atoms with E-state index >= 15 is 0 Å². The third-order valence-electron chi connectivity index (χ3n) is 19.6. The molecule has 0 aromatic heterocycles. The van der Waals surface area contributed by atoms with Crippen LogP contribution in [0.3, 0.4) is 0 Å². The summed E-state index contributed by atoms with van der Waals surface area (Å²) >= 11 is 0. The van der Waals surface area contributed by atoms with Crippen LogP contribution in [0.4, 0.5) is 0 Å². The fraction of sp³-hybridized carbons (Fsp3) is 0.909. The average Bonchev–Trinajstić information content (AvgIpc) is 1.81. The fourth-order valence-corrected chi connectivity index (χ4v) is 15.0. The summed E-state index contributed by atoms with van der Waals surface area (Å²) in [6.45, 7) is 5.66. The van der Waals surface area contributed by atoms with E-state index in [2.05, 4.69) is 0 Å². The first-order chi connectivity index (χ1) is 48.8. The SMILES string of the molecule is CC(C)OC[C@@H]1C[C@@H](OOP(=O)(O)OC[C@@H]2C[C@@H](OP(=O)(O)OC[C@@H]3C[C@@H](O)CN3C(=O)CCCCC(=O)CCCO[C@@H]3OC(CO)[C@H](O)[C@H](O)C3C)CN2C(=O)CCCCC(=O)CCCO[C@@H]2OC(CO)[C@H](O)[C@H](O)C2C)CN1C(=O)CCCCC(=O)CCCO[C@@H]1OC(CO)[C@H](O)[C@H](O)C1C. The molecule has 35 nitrogen and oxygen atoms in total. The van der Waals surface area contributed by atoms with E-state index < -0.39 is 188 Å². The van der Waals surface area contributed by atoms with Crippen molar-refractivity contribution in [2.75, 3.05) is 79.1 Å². The molecular weight excluding hydrogens is 1410 g/mol. The Labute approximate surface area is 601 Å². The van der Waals surface area contributed by atoms with Crippen LogP contribution in [0.1, 0.15) is 169 Å². The Hall–Kier alpha value is -3.08. The summed E-state index contributed by atoms with van der Waals surface area (Å²) in [4.78, 5) is 111. The molecule has 6 aliphatic rings. The lowest BCUT2D eigenvalue weighted by Crippen LogP contribution is -2.55. The number of hydrogen-bond acceptors (Lipinski definition) is 30. The highest BCUT2D eigenvalue weighted by Crippen LogP contribution is 2.49. The maximum atomic E-state index is 14.0. The third kappa shape index (κ3) is 28.4. The van der Waals surface area contributed by atoms with Crippen LogP contribution >= 0.6 is 15.6 Å². The Bertz CT molecular complexity index is 2700. The van der Waals surface area contributed by atoms with E-state index in [0.29, 0.717) is 44.9 Å². The maximum Gasteiger partial charge on any atom is 0.499 e. The van der Waals surface area contributed by atoms with Crippen molar-refractivity contribution in [2.24, 2.45) is 17.8 Å². The van der Waals surface area contributed by atoms with Gasteiger partial charge in [0.15, 0.2) is 18.9 Å². The van der Waals surface area contributed by atoms with E-state index in [1.54, 1.807) is 20.8 Å². The molecular formula is C66H115N3O32P2. The molecule has 37 heteroatoms.